The van der Waals surface area contributed by atoms with Gasteiger partial charge in [0.15, 0.2) is 0 Å². The van der Waals surface area contributed by atoms with Gasteiger partial charge in [-0.05, 0) is 49.1 Å². The van der Waals surface area contributed by atoms with E-state index in [1.54, 1.807) is 0 Å². The van der Waals surface area contributed by atoms with Crippen molar-refractivity contribution >= 4 is 28.9 Å². The summed E-state index contributed by atoms with van der Waals surface area (Å²) in [5.41, 5.74) is 2.05. The predicted molar refractivity (Wildman–Crippen MR) is 107 cm³/mol. The molecule has 0 unspecified atom stereocenters. The summed E-state index contributed by atoms with van der Waals surface area (Å²) in [6.45, 7) is 9.51. The van der Waals surface area contributed by atoms with Crippen LogP contribution in [0.3, 0.4) is 0 Å². The van der Waals surface area contributed by atoms with Crippen LogP contribution in [0.2, 0.25) is 0 Å². The number of hydrogen-bond acceptors (Lipinski definition) is 1. The average molecular weight is 388 g/mol. The molecule has 0 aromatic carbocycles. The van der Waals surface area contributed by atoms with Crippen LogP contribution in [0.15, 0.2) is 0 Å². The third-order valence-corrected chi connectivity index (χ3v) is 11.0. The molecule has 0 bridgehead atoms. The molecule has 0 aliphatic heterocycles. The molecule has 0 N–H and O–H groups in total. The third kappa shape index (κ3) is 4.96. The van der Waals surface area contributed by atoms with Crippen molar-refractivity contribution in [2.45, 2.75) is 115 Å². The molecule has 0 spiro atoms. The van der Waals surface area contributed by atoms with Gasteiger partial charge in [-0.15, -0.1) is 23.6 Å². The first-order chi connectivity index (χ1) is 10.5. The normalized spacial score (nSPS) is 22.2. The van der Waals surface area contributed by atoms with Crippen LogP contribution in [-0.4, -0.2) is 33.6 Å². The monoisotopic (exact) mass is 387 g/mol. The smallest absolute Gasteiger partial charge is 0.324 e. The molecule has 2 saturated carbocycles. The van der Waals surface area contributed by atoms with Crippen molar-refractivity contribution in [3.63, 3.8) is 0 Å². The second-order valence-electron chi connectivity index (χ2n) is 7.98. The lowest BCUT2D eigenvalue weighted by molar-refractivity contribution is 0.315. The Kier molecular flexibility index (Phi) is 8.25. The summed E-state index contributed by atoms with van der Waals surface area (Å²) < 4.78 is 0. The van der Waals surface area contributed by atoms with Gasteiger partial charge in [-0.25, -0.2) is 0 Å². The molecule has 1 nitrogen and oxygen atoms in total. The number of halogens is 1. The van der Waals surface area contributed by atoms with E-state index in [4.69, 9.17) is 0 Å². The van der Waals surface area contributed by atoms with Crippen LogP contribution in [0.1, 0.15) is 91.9 Å². The molecule has 0 radical (unpaired) electrons. The topological polar surface area (TPSA) is 3.24 Å². The van der Waals surface area contributed by atoms with Gasteiger partial charge in [-0.1, -0.05) is 66.2 Å². The molecule has 2 aliphatic rings. The predicted octanol–water partition coefficient (Wildman–Crippen LogP) is 6.63. The molecule has 2 aliphatic carbocycles. The molecular weight excluding hydrogens is 352 g/mol. The van der Waals surface area contributed by atoms with E-state index in [9.17, 15) is 0 Å². The van der Waals surface area contributed by atoms with E-state index in [0.29, 0.717) is 17.5 Å². The van der Waals surface area contributed by atoms with Gasteiger partial charge in [-0.3, -0.25) is 0 Å². The molecule has 0 aromatic rings. The highest BCUT2D eigenvalue weighted by atomic mass is 79.9. The fraction of sp³-hybridized carbons (Fsp3) is 1.00. The second-order valence-corrected chi connectivity index (χ2v) is 12.4. The zero-order valence-electron chi connectivity index (χ0n) is 15.2. The van der Waals surface area contributed by atoms with E-state index < -0.39 is 0 Å². The van der Waals surface area contributed by atoms with Crippen LogP contribution in [0.4, 0.5) is 0 Å². The minimum atomic E-state index is 0.0801. The Bertz CT molecular complexity index is 288. The Morgan fingerprint density at radius 2 is 1.14 bits per heavy atom. The summed E-state index contributed by atoms with van der Waals surface area (Å²) >= 11 is 4.24. The first-order valence-corrected chi connectivity index (χ1v) is 12.2. The molecule has 2 rings (SSSR count). The summed E-state index contributed by atoms with van der Waals surface area (Å²) in [7, 11) is 0.0801. The first kappa shape index (κ1) is 19.3. The maximum absolute atomic E-state index is 4.24. The highest BCUT2D eigenvalue weighted by molar-refractivity contribution is 9.27. The minimum absolute atomic E-state index is 0.0801. The summed E-state index contributed by atoms with van der Waals surface area (Å²) in [4.78, 5) is 2.76. The Morgan fingerprint density at radius 3 is 1.45 bits per heavy atom. The molecule has 2 fully saturated rings. The largest absolute Gasteiger partial charge is 0.331 e. The minimum Gasteiger partial charge on any atom is -0.324 e. The Morgan fingerprint density at radius 1 is 0.773 bits per heavy atom. The Balaban J connectivity index is 2.17. The lowest BCUT2D eigenvalue weighted by Crippen LogP contribution is -2.47. The van der Waals surface area contributed by atoms with Crippen LogP contribution in [-0.2, 0) is 0 Å². The molecule has 4 heteroatoms. The number of rotatable bonds is 6. The van der Waals surface area contributed by atoms with E-state index in [-0.39, 0.29) is 7.80 Å². The van der Waals surface area contributed by atoms with E-state index in [1.807, 2.05) is 0 Å². The van der Waals surface area contributed by atoms with Crippen molar-refractivity contribution in [2.75, 3.05) is 0 Å². The van der Waals surface area contributed by atoms with Crippen molar-refractivity contribution in [3.05, 3.63) is 0 Å². The van der Waals surface area contributed by atoms with Gasteiger partial charge in [0.2, 0.25) is 0 Å². The van der Waals surface area contributed by atoms with Gasteiger partial charge in [-0.2, -0.15) is 0 Å². The second kappa shape index (κ2) is 9.43. The molecule has 0 atom stereocenters. The van der Waals surface area contributed by atoms with Crippen molar-refractivity contribution in [3.8, 4) is 0 Å². The van der Waals surface area contributed by atoms with Crippen molar-refractivity contribution in [2.24, 2.45) is 0 Å². The number of hydrogen-bond donors (Lipinski definition) is 0. The Labute approximate surface area is 149 Å². The third-order valence-electron chi connectivity index (χ3n) is 5.68. The molecule has 0 amide bonds. The summed E-state index contributed by atoms with van der Waals surface area (Å²) in [6, 6.07) is 1.28. The van der Waals surface area contributed by atoms with Gasteiger partial charge in [0.05, 0.1) is 0 Å². The van der Waals surface area contributed by atoms with Crippen molar-refractivity contribution in [1.29, 1.82) is 0 Å². The summed E-state index contributed by atoms with van der Waals surface area (Å²) in [5.74, 6) is 0. The standard InChI is InChI=1S/C18H36BBrNP/c1-15(2)21(16(3)4)19(20)22(17-11-7-5-8-12-17)18-13-9-6-10-14-18/h15-18H,5-14H2,1-4H3. The zero-order valence-corrected chi connectivity index (χ0v) is 17.7. The quantitative estimate of drug-likeness (QED) is 0.365. The average Bonchev–Trinajstić information content (AvgIpc) is 2.49. The van der Waals surface area contributed by atoms with Crippen molar-refractivity contribution in [1.82, 2.24) is 4.81 Å². The maximum Gasteiger partial charge on any atom is 0.331 e. The molecule has 128 valence electrons. The molecule has 0 aromatic heterocycles. The molecule has 0 heterocycles. The van der Waals surface area contributed by atoms with Gasteiger partial charge in [0, 0.05) is 0 Å². The van der Waals surface area contributed by atoms with Gasteiger partial charge in [0.1, 0.15) is 0 Å². The maximum atomic E-state index is 4.24. The fourth-order valence-corrected chi connectivity index (χ4v) is 11.7. The first-order valence-electron chi connectivity index (χ1n) is 9.71. The van der Waals surface area contributed by atoms with Crippen LogP contribution in [0.5, 0.6) is 0 Å². The van der Waals surface area contributed by atoms with Gasteiger partial charge < -0.3 is 4.81 Å². The number of nitrogens with zero attached hydrogens (tertiary/aromatic N) is 1. The van der Waals surface area contributed by atoms with E-state index in [1.165, 1.54) is 64.2 Å². The fourth-order valence-electron chi connectivity index (χ4n) is 4.65. The summed E-state index contributed by atoms with van der Waals surface area (Å²) in [6.07, 6.45) is 14.9. The van der Waals surface area contributed by atoms with Crippen LogP contribution in [0.25, 0.3) is 0 Å². The highest BCUT2D eigenvalue weighted by Gasteiger charge is 2.41. The molecule has 22 heavy (non-hydrogen) atoms. The lowest BCUT2D eigenvalue weighted by Gasteiger charge is -2.45. The van der Waals surface area contributed by atoms with Crippen molar-refractivity contribution < 1.29 is 0 Å². The Hall–Kier alpha value is 0.935. The van der Waals surface area contributed by atoms with E-state index in [0.717, 1.165) is 11.3 Å². The van der Waals surface area contributed by atoms with Crippen LogP contribution < -0.4 is 0 Å². The summed E-state index contributed by atoms with van der Waals surface area (Å²) in [5, 5.41) is 0.633. The highest BCUT2D eigenvalue weighted by Crippen LogP contribution is 2.59. The van der Waals surface area contributed by atoms with Crippen LogP contribution in [0, 0.1) is 0 Å². The van der Waals surface area contributed by atoms with E-state index >= 15 is 0 Å². The molecular formula is C18H36BBrNP. The van der Waals surface area contributed by atoms with E-state index in [2.05, 4.69) is 48.3 Å². The van der Waals surface area contributed by atoms with Gasteiger partial charge in [0.25, 0.3) is 0 Å². The molecule has 0 saturated heterocycles. The SMILES string of the molecule is CC(C)N(B(Br)P(C1CCCCC1)C1CCCCC1)C(C)C. The van der Waals surface area contributed by atoms with Gasteiger partial charge >= 0.3 is 5.39 Å². The van der Waals surface area contributed by atoms with Crippen LogP contribution >= 0.6 is 23.6 Å². The zero-order chi connectivity index (χ0) is 16.1. The lowest BCUT2D eigenvalue weighted by atomic mass is 9.99.